The van der Waals surface area contributed by atoms with Gasteiger partial charge in [0.15, 0.2) is 0 Å². The molecule has 0 atom stereocenters. The Bertz CT molecular complexity index is 602. The van der Waals surface area contributed by atoms with Gasteiger partial charge in [0.2, 0.25) is 0 Å². The topological polar surface area (TPSA) is 93.1 Å². The first-order valence-electron chi connectivity index (χ1n) is 15.9. The monoisotopic (exact) mass is 566 g/mol. The van der Waals surface area contributed by atoms with Gasteiger partial charge in [-0.3, -0.25) is 9.59 Å². The Hall–Kier alpha value is -1.34. The largest absolute Gasteiger partial charge is 0.392 e. The Kier molecular flexibility index (Phi) is 25.7. The van der Waals surface area contributed by atoms with Gasteiger partial charge in [-0.2, -0.15) is 0 Å². The summed E-state index contributed by atoms with van der Waals surface area (Å²) < 4.78 is 10.6. The molecule has 0 spiro atoms. The summed E-state index contributed by atoms with van der Waals surface area (Å²) in [7, 11) is 3.67. The van der Waals surface area contributed by atoms with E-state index in [1.807, 2.05) is 14.2 Å². The zero-order chi connectivity index (χ0) is 30.0. The summed E-state index contributed by atoms with van der Waals surface area (Å²) in [6.07, 6.45) is 24.2. The summed E-state index contributed by atoms with van der Waals surface area (Å²) in [4.78, 5) is 19.0. The second-order valence-corrected chi connectivity index (χ2v) is 11.9. The van der Waals surface area contributed by atoms with Crippen LogP contribution in [0, 0.1) is 29.6 Å². The molecule has 0 amide bonds. The molecule has 40 heavy (non-hydrogen) atoms. The van der Waals surface area contributed by atoms with E-state index >= 15 is 0 Å². The maximum atomic E-state index is 9.48. The van der Waals surface area contributed by atoms with Crippen LogP contribution in [-0.2, 0) is 19.1 Å². The lowest BCUT2D eigenvalue weighted by Gasteiger charge is -2.40. The lowest BCUT2D eigenvalue weighted by molar-refractivity contribution is -0.106. The van der Waals surface area contributed by atoms with Crippen LogP contribution >= 0.6 is 0 Å². The van der Waals surface area contributed by atoms with Crippen LogP contribution in [0.2, 0.25) is 0 Å². The first-order valence-corrected chi connectivity index (χ1v) is 15.9. The Morgan fingerprint density at radius 2 is 1.20 bits per heavy atom. The number of aliphatic hydroxyl groups excluding tert-OH is 2. The molecule has 0 heterocycles. The third-order valence-corrected chi connectivity index (χ3v) is 8.84. The predicted octanol–water partition coefficient (Wildman–Crippen LogP) is 7.12. The number of unbranched alkanes of at least 4 members (excludes halogenated alkanes) is 2. The molecule has 0 radical (unpaired) electrons. The highest BCUT2D eigenvalue weighted by Crippen LogP contribution is 2.44. The van der Waals surface area contributed by atoms with Crippen LogP contribution in [0.15, 0.2) is 24.3 Å². The number of rotatable bonds is 18. The van der Waals surface area contributed by atoms with Crippen LogP contribution in [0.25, 0.3) is 0 Å². The molecule has 6 heteroatoms. The van der Waals surface area contributed by atoms with Gasteiger partial charge in [-0.1, -0.05) is 58.6 Å². The van der Waals surface area contributed by atoms with Gasteiger partial charge in [0, 0.05) is 38.6 Å². The summed E-state index contributed by atoms with van der Waals surface area (Å²) in [5.41, 5.74) is 0.435. The van der Waals surface area contributed by atoms with E-state index in [0.29, 0.717) is 12.6 Å². The Morgan fingerprint density at radius 3 is 1.55 bits per heavy atom. The summed E-state index contributed by atoms with van der Waals surface area (Å²) in [6.45, 7) is 10.1. The van der Waals surface area contributed by atoms with Gasteiger partial charge in [0.25, 0.3) is 0 Å². The van der Waals surface area contributed by atoms with Gasteiger partial charge in [-0.25, -0.2) is 0 Å². The van der Waals surface area contributed by atoms with E-state index in [0.717, 1.165) is 42.8 Å². The van der Waals surface area contributed by atoms with Crippen LogP contribution in [-0.4, -0.2) is 63.4 Å². The fourth-order valence-electron chi connectivity index (χ4n) is 6.39. The van der Waals surface area contributed by atoms with E-state index in [9.17, 15) is 9.59 Å². The summed E-state index contributed by atoms with van der Waals surface area (Å²) in [6, 6.07) is 0. The minimum Gasteiger partial charge on any atom is -0.392 e. The van der Waals surface area contributed by atoms with E-state index in [1.54, 1.807) is 0 Å². The number of aldehydes is 2. The van der Waals surface area contributed by atoms with Crippen molar-refractivity contribution in [3.8, 4) is 0 Å². The summed E-state index contributed by atoms with van der Waals surface area (Å²) >= 11 is 0. The molecule has 234 valence electrons. The third kappa shape index (κ3) is 18.9. The normalized spacial score (nSPS) is 22.4. The first kappa shape index (κ1) is 38.7. The van der Waals surface area contributed by atoms with Crippen LogP contribution < -0.4 is 0 Å². The number of carbonyl (C=O) groups excluding carboxylic acids is 2. The standard InChI is InChI=1S/C26H50O2.2C4H6O2/c1-4-5-6-9-22-12-14-24(15-13-22)26-18-16-25(17-19-26)23(10-7-20-27-2)11-8-21-28-3;2*1-4(2-5)3-6/h22-26H,4-21H2,1-3H3;2*2,6H,1,3H2. The number of hydrogen-bond donors (Lipinski definition) is 2. The van der Waals surface area contributed by atoms with E-state index in [4.69, 9.17) is 19.7 Å². The Labute approximate surface area is 246 Å². The molecule has 0 unspecified atom stereocenters. The van der Waals surface area contributed by atoms with Crippen molar-refractivity contribution in [3.05, 3.63) is 24.3 Å². The first-order chi connectivity index (χ1) is 19.4. The van der Waals surface area contributed by atoms with Gasteiger partial charge >= 0.3 is 0 Å². The Balaban J connectivity index is 0.00000106. The molecule has 0 aromatic carbocycles. The van der Waals surface area contributed by atoms with Crippen molar-refractivity contribution in [2.45, 2.75) is 110 Å². The van der Waals surface area contributed by atoms with Gasteiger partial charge in [-0.15, -0.1) is 0 Å². The van der Waals surface area contributed by atoms with Crippen molar-refractivity contribution < 1.29 is 29.3 Å². The molecular weight excluding hydrogens is 504 g/mol. The number of aliphatic hydroxyl groups is 2. The average molecular weight is 567 g/mol. The van der Waals surface area contributed by atoms with Crippen LogP contribution in [0.1, 0.15) is 110 Å². The van der Waals surface area contributed by atoms with Crippen molar-refractivity contribution in [3.63, 3.8) is 0 Å². The molecule has 0 bridgehead atoms. The van der Waals surface area contributed by atoms with Crippen molar-refractivity contribution in [1.82, 2.24) is 0 Å². The fourth-order valence-corrected chi connectivity index (χ4v) is 6.39. The highest BCUT2D eigenvalue weighted by atomic mass is 16.5. The quantitative estimate of drug-likeness (QED) is 0.104. The van der Waals surface area contributed by atoms with E-state index in [1.165, 1.54) is 103 Å². The maximum absolute atomic E-state index is 9.48. The van der Waals surface area contributed by atoms with Crippen LogP contribution in [0.3, 0.4) is 0 Å². The van der Waals surface area contributed by atoms with Gasteiger partial charge in [0.1, 0.15) is 12.6 Å². The molecule has 2 aliphatic rings. The highest BCUT2D eigenvalue weighted by Gasteiger charge is 2.33. The zero-order valence-corrected chi connectivity index (χ0v) is 26.1. The van der Waals surface area contributed by atoms with Crippen molar-refractivity contribution >= 4 is 12.6 Å². The van der Waals surface area contributed by atoms with Gasteiger partial charge in [0.05, 0.1) is 13.2 Å². The number of ether oxygens (including phenoxy) is 2. The second kappa shape index (κ2) is 26.6. The number of methoxy groups -OCH3 is 2. The molecule has 6 nitrogen and oxygen atoms in total. The lowest BCUT2D eigenvalue weighted by Crippen LogP contribution is -2.28. The Morgan fingerprint density at radius 1 is 0.750 bits per heavy atom. The van der Waals surface area contributed by atoms with E-state index < -0.39 is 0 Å². The maximum Gasteiger partial charge on any atom is 0.147 e. The van der Waals surface area contributed by atoms with Gasteiger partial charge < -0.3 is 19.7 Å². The fraction of sp³-hybridized carbons (Fsp3) is 0.824. The van der Waals surface area contributed by atoms with E-state index in [2.05, 4.69) is 20.1 Å². The number of hydrogen-bond acceptors (Lipinski definition) is 6. The summed E-state index contributed by atoms with van der Waals surface area (Å²) in [5.74, 6) is 5.04. The molecule has 0 aliphatic heterocycles. The third-order valence-electron chi connectivity index (χ3n) is 8.84. The minimum absolute atomic E-state index is 0.218. The molecular formula is C34H62O6. The molecule has 0 aromatic rings. The molecule has 2 saturated carbocycles. The molecule has 2 aliphatic carbocycles. The van der Waals surface area contributed by atoms with Gasteiger partial charge in [-0.05, 0) is 93.8 Å². The van der Waals surface area contributed by atoms with Crippen molar-refractivity contribution in [2.75, 3.05) is 40.6 Å². The molecule has 2 N–H and O–H groups in total. The lowest BCUT2D eigenvalue weighted by atomic mass is 9.66. The summed E-state index contributed by atoms with van der Waals surface area (Å²) in [5, 5.41) is 16.0. The predicted molar refractivity (Wildman–Crippen MR) is 165 cm³/mol. The number of carbonyl (C=O) groups is 2. The highest BCUT2D eigenvalue weighted by molar-refractivity contribution is 5.72. The smallest absolute Gasteiger partial charge is 0.147 e. The van der Waals surface area contributed by atoms with E-state index in [-0.39, 0.29) is 24.4 Å². The molecule has 2 rings (SSSR count). The molecule has 2 fully saturated rings. The second-order valence-electron chi connectivity index (χ2n) is 11.9. The zero-order valence-electron chi connectivity index (χ0n) is 26.1. The van der Waals surface area contributed by atoms with Crippen molar-refractivity contribution in [1.29, 1.82) is 0 Å². The minimum atomic E-state index is -0.233. The SMILES string of the molecule is C=C(C=O)CO.C=C(C=O)CO.CCCCCC1CCC(C2CCC(C(CCCOC)CCCOC)CC2)CC1. The molecule has 0 aromatic heterocycles. The van der Waals surface area contributed by atoms with Crippen molar-refractivity contribution in [2.24, 2.45) is 29.6 Å². The molecule has 0 saturated heterocycles. The average Bonchev–Trinajstić information content (AvgIpc) is 3.01. The van der Waals surface area contributed by atoms with Crippen LogP contribution in [0.5, 0.6) is 0 Å². The van der Waals surface area contributed by atoms with Crippen LogP contribution in [0.4, 0.5) is 0 Å².